The maximum absolute atomic E-state index is 11.8. The lowest BCUT2D eigenvalue weighted by molar-refractivity contribution is 0.0601. The van der Waals surface area contributed by atoms with Crippen molar-refractivity contribution < 1.29 is 9.53 Å². The van der Waals surface area contributed by atoms with E-state index in [0.29, 0.717) is 5.56 Å². The Bertz CT molecular complexity index is 417. The van der Waals surface area contributed by atoms with Crippen LogP contribution in [-0.2, 0) is 4.74 Å². The molecule has 0 bridgehead atoms. The van der Waals surface area contributed by atoms with Gasteiger partial charge in [-0.1, -0.05) is 0 Å². The molecule has 0 aliphatic carbocycles. The van der Waals surface area contributed by atoms with Gasteiger partial charge in [-0.15, -0.1) is 0 Å². The highest BCUT2D eigenvalue weighted by atomic mass is 127. The van der Waals surface area contributed by atoms with Gasteiger partial charge >= 0.3 is 5.97 Å². The van der Waals surface area contributed by atoms with Gasteiger partial charge in [0.15, 0.2) is 0 Å². The number of halogens is 1. The topological polar surface area (TPSA) is 41.6 Å². The number of carbonyl (C=O) groups excluding carboxylic acids is 1. The van der Waals surface area contributed by atoms with Crippen LogP contribution in [0.1, 0.15) is 10.4 Å². The van der Waals surface area contributed by atoms with Gasteiger partial charge in [0.25, 0.3) is 0 Å². The molecular formula is C12H15IN2O2. The maximum atomic E-state index is 11.8. The Labute approximate surface area is 114 Å². The fourth-order valence-corrected chi connectivity index (χ4v) is 2.45. The maximum Gasteiger partial charge on any atom is 0.340 e. The standard InChI is InChI=1S/C12H15IN2O2/c1-17-12(16)10-8-9(13)2-3-11(10)15-6-4-14-5-7-15/h2-3,8,14H,4-7H2,1H3. The highest BCUT2D eigenvalue weighted by molar-refractivity contribution is 14.1. The van der Waals surface area contributed by atoms with Crippen LogP contribution in [-0.4, -0.2) is 39.3 Å². The first kappa shape index (κ1) is 12.6. The van der Waals surface area contributed by atoms with Gasteiger partial charge in [-0.2, -0.15) is 0 Å². The number of piperazine rings is 1. The van der Waals surface area contributed by atoms with E-state index in [-0.39, 0.29) is 5.97 Å². The number of anilines is 1. The second kappa shape index (κ2) is 5.68. The van der Waals surface area contributed by atoms with Gasteiger partial charge in [0.1, 0.15) is 0 Å². The summed E-state index contributed by atoms with van der Waals surface area (Å²) in [6.45, 7) is 3.74. The van der Waals surface area contributed by atoms with Gasteiger partial charge in [0.2, 0.25) is 0 Å². The summed E-state index contributed by atoms with van der Waals surface area (Å²) < 4.78 is 5.88. The molecule has 0 unspecified atom stereocenters. The minimum absolute atomic E-state index is 0.267. The fraction of sp³-hybridized carbons (Fsp3) is 0.417. The second-order valence-electron chi connectivity index (χ2n) is 3.89. The van der Waals surface area contributed by atoms with Crippen LogP contribution in [0.5, 0.6) is 0 Å². The Kier molecular flexibility index (Phi) is 4.22. The van der Waals surface area contributed by atoms with Crippen molar-refractivity contribution in [2.75, 3.05) is 38.2 Å². The van der Waals surface area contributed by atoms with E-state index in [1.807, 2.05) is 18.2 Å². The number of nitrogens with one attached hydrogen (secondary N) is 1. The van der Waals surface area contributed by atoms with Crippen molar-refractivity contribution in [2.45, 2.75) is 0 Å². The molecule has 0 spiro atoms. The monoisotopic (exact) mass is 346 g/mol. The van der Waals surface area contributed by atoms with E-state index < -0.39 is 0 Å². The first-order chi connectivity index (χ1) is 8.22. The van der Waals surface area contributed by atoms with Crippen molar-refractivity contribution in [2.24, 2.45) is 0 Å². The average molecular weight is 346 g/mol. The first-order valence-corrected chi connectivity index (χ1v) is 6.64. The second-order valence-corrected chi connectivity index (χ2v) is 5.14. The van der Waals surface area contributed by atoms with Crippen LogP contribution in [0.3, 0.4) is 0 Å². The van der Waals surface area contributed by atoms with Crippen LogP contribution in [0, 0.1) is 3.57 Å². The van der Waals surface area contributed by atoms with E-state index in [1.165, 1.54) is 7.11 Å². The summed E-state index contributed by atoms with van der Waals surface area (Å²) in [5.74, 6) is -0.267. The van der Waals surface area contributed by atoms with Crippen molar-refractivity contribution >= 4 is 34.2 Å². The molecule has 1 N–H and O–H groups in total. The lowest BCUT2D eigenvalue weighted by Gasteiger charge is -2.30. The van der Waals surface area contributed by atoms with Crippen molar-refractivity contribution in [1.29, 1.82) is 0 Å². The molecule has 1 aromatic rings. The summed E-state index contributed by atoms with van der Waals surface area (Å²) in [6.07, 6.45) is 0. The van der Waals surface area contributed by atoms with E-state index >= 15 is 0 Å². The van der Waals surface area contributed by atoms with E-state index in [0.717, 1.165) is 35.4 Å². The summed E-state index contributed by atoms with van der Waals surface area (Å²) in [4.78, 5) is 14.0. The molecule has 1 aromatic carbocycles. The third-order valence-electron chi connectivity index (χ3n) is 2.82. The summed E-state index contributed by atoms with van der Waals surface area (Å²) in [5, 5.41) is 3.30. The molecule has 1 aliphatic heterocycles. The molecule has 1 fully saturated rings. The predicted molar refractivity (Wildman–Crippen MR) is 75.6 cm³/mol. The highest BCUT2D eigenvalue weighted by Crippen LogP contribution is 2.24. The molecule has 17 heavy (non-hydrogen) atoms. The number of esters is 1. The van der Waals surface area contributed by atoms with E-state index in [1.54, 1.807) is 0 Å². The number of hydrogen-bond acceptors (Lipinski definition) is 4. The molecule has 4 nitrogen and oxygen atoms in total. The molecule has 0 amide bonds. The zero-order valence-corrected chi connectivity index (χ0v) is 11.9. The summed E-state index contributed by atoms with van der Waals surface area (Å²) in [7, 11) is 1.42. The molecule has 5 heteroatoms. The summed E-state index contributed by atoms with van der Waals surface area (Å²) in [6, 6.07) is 5.90. The van der Waals surface area contributed by atoms with Crippen LogP contribution < -0.4 is 10.2 Å². The Hall–Kier alpha value is -0.820. The normalized spacial score (nSPS) is 15.8. The Morgan fingerprint density at radius 2 is 2.12 bits per heavy atom. The van der Waals surface area contributed by atoms with Crippen LogP contribution >= 0.6 is 22.6 Å². The van der Waals surface area contributed by atoms with Crippen LogP contribution in [0.4, 0.5) is 5.69 Å². The van der Waals surface area contributed by atoms with Gasteiger partial charge in [0.05, 0.1) is 18.4 Å². The largest absolute Gasteiger partial charge is 0.465 e. The van der Waals surface area contributed by atoms with Gasteiger partial charge in [-0.25, -0.2) is 4.79 Å². The Balaban J connectivity index is 2.34. The molecule has 0 aromatic heterocycles. The van der Waals surface area contributed by atoms with Crippen molar-refractivity contribution in [3.05, 3.63) is 27.3 Å². The highest BCUT2D eigenvalue weighted by Gasteiger charge is 2.18. The zero-order valence-electron chi connectivity index (χ0n) is 9.70. The number of carbonyl (C=O) groups is 1. The Morgan fingerprint density at radius 1 is 1.41 bits per heavy atom. The molecule has 1 aliphatic rings. The van der Waals surface area contributed by atoms with Gasteiger partial charge < -0.3 is 15.0 Å². The SMILES string of the molecule is COC(=O)c1cc(I)ccc1N1CCNCC1. The number of hydrogen-bond donors (Lipinski definition) is 1. The number of methoxy groups -OCH3 is 1. The molecule has 0 atom stereocenters. The third-order valence-corrected chi connectivity index (χ3v) is 3.49. The first-order valence-electron chi connectivity index (χ1n) is 5.56. The van der Waals surface area contributed by atoms with E-state index in [2.05, 4.69) is 32.8 Å². The lowest BCUT2D eigenvalue weighted by atomic mass is 10.1. The van der Waals surface area contributed by atoms with Crippen LogP contribution in [0.2, 0.25) is 0 Å². The molecule has 0 radical (unpaired) electrons. The van der Waals surface area contributed by atoms with E-state index in [4.69, 9.17) is 4.74 Å². The van der Waals surface area contributed by atoms with Gasteiger partial charge in [-0.05, 0) is 40.8 Å². The smallest absolute Gasteiger partial charge is 0.340 e. The molecule has 92 valence electrons. The quantitative estimate of drug-likeness (QED) is 0.651. The Morgan fingerprint density at radius 3 is 2.76 bits per heavy atom. The van der Waals surface area contributed by atoms with Crippen molar-refractivity contribution in [3.63, 3.8) is 0 Å². The van der Waals surface area contributed by atoms with Gasteiger partial charge in [0, 0.05) is 29.7 Å². The minimum atomic E-state index is -0.267. The predicted octanol–water partition coefficient (Wildman–Crippen LogP) is 1.49. The molecule has 0 saturated carbocycles. The van der Waals surface area contributed by atoms with Crippen molar-refractivity contribution in [1.82, 2.24) is 5.32 Å². The fourth-order valence-electron chi connectivity index (χ4n) is 1.96. The number of ether oxygens (including phenoxy) is 1. The van der Waals surface area contributed by atoms with E-state index in [9.17, 15) is 4.79 Å². The van der Waals surface area contributed by atoms with Crippen molar-refractivity contribution in [3.8, 4) is 0 Å². The number of nitrogens with zero attached hydrogens (tertiary/aromatic N) is 1. The summed E-state index contributed by atoms with van der Waals surface area (Å²) in [5.41, 5.74) is 1.63. The minimum Gasteiger partial charge on any atom is -0.465 e. The zero-order chi connectivity index (χ0) is 12.3. The molecular weight excluding hydrogens is 331 g/mol. The molecule has 1 heterocycles. The molecule has 1 saturated heterocycles. The third kappa shape index (κ3) is 2.90. The number of rotatable bonds is 2. The molecule has 2 rings (SSSR count). The average Bonchev–Trinajstić information content (AvgIpc) is 2.38. The van der Waals surface area contributed by atoms with Crippen LogP contribution in [0.25, 0.3) is 0 Å². The summed E-state index contributed by atoms with van der Waals surface area (Å²) >= 11 is 2.20. The number of benzene rings is 1. The van der Waals surface area contributed by atoms with Crippen LogP contribution in [0.15, 0.2) is 18.2 Å². The lowest BCUT2D eigenvalue weighted by Crippen LogP contribution is -2.44. The van der Waals surface area contributed by atoms with Gasteiger partial charge in [-0.3, -0.25) is 0 Å².